The van der Waals surface area contributed by atoms with Gasteiger partial charge in [-0.3, -0.25) is 0 Å². The molecule has 1 rings (SSSR count). The highest BCUT2D eigenvalue weighted by Gasteiger charge is 2.47. The normalized spacial score (nSPS) is 24.8. The Hall–Kier alpha value is -2.66. The summed E-state index contributed by atoms with van der Waals surface area (Å²) in [5.41, 5.74) is -1.30. The summed E-state index contributed by atoms with van der Waals surface area (Å²) in [4.78, 5) is 34.5. The Bertz CT molecular complexity index is 534. The fourth-order valence-corrected chi connectivity index (χ4v) is 2.80. The zero-order chi connectivity index (χ0) is 18.8. The monoisotopic (exact) mass is 376 g/mol. The van der Waals surface area contributed by atoms with Crippen LogP contribution in [0.15, 0.2) is 38.5 Å². The van der Waals surface area contributed by atoms with E-state index in [4.69, 9.17) is 14.2 Å². The molecule has 0 saturated carbocycles. The smallest absolute Gasteiger partial charge is 0.426 e. The molecule has 1 heterocycles. The van der Waals surface area contributed by atoms with E-state index in [9.17, 15) is 19.5 Å². The van der Waals surface area contributed by atoms with Crippen molar-refractivity contribution in [3.8, 4) is 0 Å². The van der Waals surface area contributed by atoms with E-state index in [2.05, 4.69) is 33.9 Å². The van der Waals surface area contributed by atoms with Crippen molar-refractivity contribution in [3.05, 3.63) is 38.5 Å². The molecular formula is C14H16O10S. The van der Waals surface area contributed by atoms with Crippen molar-refractivity contribution in [1.29, 1.82) is 0 Å². The first-order valence-electron chi connectivity index (χ1n) is 6.67. The van der Waals surface area contributed by atoms with Crippen LogP contribution in [0.3, 0.4) is 0 Å². The molecule has 25 heavy (non-hydrogen) atoms. The zero-order valence-electron chi connectivity index (χ0n) is 12.9. The molecule has 0 bridgehead atoms. The lowest BCUT2D eigenvalue weighted by Gasteiger charge is -2.37. The summed E-state index contributed by atoms with van der Waals surface area (Å²) >= 11 is 0.885. The molecule has 0 aromatic rings. The molecule has 0 radical (unpaired) electrons. The van der Waals surface area contributed by atoms with Gasteiger partial charge in [-0.15, -0.1) is 11.8 Å². The fraction of sp³-hybridized carbons (Fsp3) is 0.357. The molecule has 1 aliphatic rings. The second-order valence-corrected chi connectivity index (χ2v) is 5.30. The fourth-order valence-electron chi connectivity index (χ4n) is 1.76. The quantitative estimate of drug-likeness (QED) is 0.415. The zero-order valence-corrected chi connectivity index (χ0v) is 13.7. The Morgan fingerprint density at radius 3 is 1.76 bits per heavy atom. The molecule has 0 amide bonds. The lowest BCUT2D eigenvalue weighted by molar-refractivity contribution is -0.116. The molecule has 138 valence electrons. The number of hydrogen-bond donors (Lipinski definition) is 1. The molecule has 11 heteroatoms. The van der Waals surface area contributed by atoms with Crippen molar-refractivity contribution in [2.24, 2.45) is 0 Å². The molecule has 0 aromatic carbocycles. The Morgan fingerprint density at radius 2 is 1.28 bits per heavy atom. The van der Waals surface area contributed by atoms with E-state index >= 15 is 0 Å². The highest BCUT2D eigenvalue weighted by molar-refractivity contribution is 7.99. The number of ether oxygens (including phenoxy) is 6. The Kier molecular flexibility index (Phi) is 8.36. The van der Waals surface area contributed by atoms with Crippen molar-refractivity contribution < 1.29 is 47.9 Å². The van der Waals surface area contributed by atoms with Crippen LogP contribution in [0.25, 0.3) is 0 Å². The van der Waals surface area contributed by atoms with Gasteiger partial charge in [0.25, 0.3) is 0 Å². The van der Waals surface area contributed by atoms with E-state index in [1.807, 2.05) is 0 Å². The number of carbonyl (C=O) groups is 3. The predicted molar refractivity (Wildman–Crippen MR) is 83.1 cm³/mol. The second-order valence-electron chi connectivity index (χ2n) is 4.15. The first kappa shape index (κ1) is 20.4. The van der Waals surface area contributed by atoms with Gasteiger partial charge >= 0.3 is 18.5 Å². The van der Waals surface area contributed by atoms with Gasteiger partial charge in [0, 0.05) is 5.75 Å². The molecule has 4 atom stereocenters. The number of aliphatic hydroxyl groups is 1. The topological polar surface area (TPSA) is 127 Å². The van der Waals surface area contributed by atoms with E-state index in [1.165, 1.54) is 0 Å². The van der Waals surface area contributed by atoms with Crippen molar-refractivity contribution in [3.63, 3.8) is 0 Å². The molecule has 1 fully saturated rings. The van der Waals surface area contributed by atoms with Crippen LogP contribution in [0.2, 0.25) is 0 Å². The van der Waals surface area contributed by atoms with Crippen LogP contribution < -0.4 is 0 Å². The number of aliphatic hydroxyl groups excluding tert-OH is 1. The molecule has 0 aromatic heterocycles. The Morgan fingerprint density at radius 1 is 0.840 bits per heavy atom. The van der Waals surface area contributed by atoms with Gasteiger partial charge < -0.3 is 33.5 Å². The van der Waals surface area contributed by atoms with Gasteiger partial charge in [0.05, 0.1) is 18.8 Å². The predicted octanol–water partition coefficient (Wildman–Crippen LogP) is 2.05. The highest BCUT2D eigenvalue weighted by Crippen LogP contribution is 2.31. The lowest BCUT2D eigenvalue weighted by Crippen LogP contribution is -2.54. The average Bonchev–Trinajstić information content (AvgIpc) is 2.54. The SMILES string of the molecule is C=COC(=O)O[C@@H]1[C@@H](OC(=O)OC=C)[C@H](OC(=O)OC=C)CS[C@H]1O. The second kappa shape index (κ2) is 10.3. The van der Waals surface area contributed by atoms with E-state index in [0.29, 0.717) is 0 Å². The molecule has 1 N–H and O–H groups in total. The minimum Gasteiger partial charge on any atom is -0.426 e. The maximum atomic E-state index is 11.6. The van der Waals surface area contributed by atoms with Crippen LogP contribution in [0.1, 0.15) is 0 Å². The summed E-state index contributed by atoms with van der Waals surface area (Å²) in [6, 6.07) is 0. The molecule has 1 aliphatic heterocycles. The van der Waals surface area contributed by atoms with Crippen LogP contribution in [0.4, 0.5) is 14.4 Å². The molecule has 1 saturated heterocycles. The van der Waals surface area contributed by atoms with Gasteiger partial charge in [-0.05, 0) is 0 Å². The summed E-state index contributed by atoms with van der Waals surface area (Å²) < 4.78 is 28.1. The molecule has 0 spiro atoms. The van der Waals surface area contributed by atoms with Crippen molar-refractivity contribution in [2.75, 3.05) is 5.75 Å². The third-order valence-corrected chi connectivity index (χ3v) is 3.78. The van der Waals surface area contributed by atoms with Gasteiger partial charge in [0.15, 0.2) is 18.3 Å². The van der Waals surface area contributed by atoms with Crippen molar-refractivity contribution in [1.82, 2.24) is 0 Å². The van der Waals surface area contributed by atoms with Crippen LogP contribution in [-0.4, -0.2) is 53.1 Å². The molecule has 0 unspecified atom stereocenters. The largest absolute Gasteiger partial charge is 0.513 e. The van der Waals surface area contributed by atoms with Crippen LogP contribution in [-0.2, 0) is 28.4 Å². The first-order valence-corrected chi connectivity index (χ1v) is 7.72. The lowest BCUT2D eigenvalue weighted by atomic mass is 10.1. The Balaban J connectivity index is 2.96. The third kappa shape index (κ3) is 6.39. The highest BCUT2D eigenvalue weighted by atomic mass is 32.2. The van der Waals surface area contributed by atoms with E-state index in [0.717, 1.165) is 30.5 Å². The van der Waals surface area contributed by atoms with Crippen molar-refractivity contribution in [2.45, 2.75) is 23.7 Å². The minimum atomic E-state index is -1.43. The van der Waals surface area contributed by atoms with E-state index in [1.54, 1.807) is 0 Å². The third-order valence-electron chi connectivity index (χ3n) is 2.65. The van der Waals surface area contributed by atoms with E-state index in [-0.39, 0.29) is 5.75 Å². The number of rotatable bonds is 6. The van der Waals surface area contributed by atoms with Gasteiger partial charge in [-0.2, -0.15) is 0 Å². The summed E-state index contributed by atoms with van der Waals surface area (Å²) in [5.74, 6) is 0.00973. The maximum absolute atomic E-state index is 11.6. The number of carbonyl (C=O) groups excluding carboxylic acids is 3. The van der Waals surface area contributed by atoms with Crippen molar-refractivity contribution >= 4 is 30.2 Å². The summed E-state index contributed by atoms with van der Waals surface area (Å²) in [6.45, 7) is 9.55. The molecular weight excluding hydrogens is 360 g/mol. The first-order chi connectivity index (χ1) is 11.9. The summed E-state index contributed by atoms with van der Waals surface area (Å²) in [7, 11) is 0. The molecule has 10 nitrogen and oxygen atoms in total. The Labute approximate surface area is 146 Å². The standard InChI is InChI=1S/C14H16O10S/c1-4-19-12(16)22-8-7-25-11(15)10(24-14(18)21-6-3)9(8)23-13(17)20-5-2/h4-6,8-11,15H,1-3,7H2/t8-,9+,10-,11-/m1/s1. The minimum absolute atomic E-state index is 0.00973. The molecule has 0 aliphatic carbocycles. The van der Waals surface area contributed by atoms with Gasteiger partial charge in [-0.25, -0.2) is 14.4 Å². The summed E-state index contributed by atoms with van der Waals surface area (Å²) in [6.07, 6.45) is -5.06. The number of thioether (sulfide) groups is 1. The average molecular weight is 376 g/mol. The summed E-state index contributed by atoms with van der Waals surface area (Å²) in [5, 5.41) is 10.0. The van der Waals surface area contributed by atoms with Gasteiger partial charge in [0.2, 0.25) is 0 Å². The van der Waals surface area contributed by atoms with Crippen LogP contribution >= 0.6 is 11.8 Å². The van der Waals surface area contributed by atoms with Gasteiger partial charge in [0.1, 0.15) is 5.44 Å². The van der Waals surface area contributed by atoms with Crippen LogP contribution in [0, 0.1) is 0 Å². The van der Waals surface area contributed by atoms with Gasteiger partial charge in [-0.1, -0.05) is 19.7 Å². The maximum Gasteiger partial charge on any atom is 0.513 e. The van der Waals surface area contributed by atoms with E-state index < -0.39 is 42.2 Å². The number of hydrogen-bond acceptors (Lipinski definition) is 11. The van der Waals surface area contributed by atoms with Crippen LogP contribution in [0.5, 0.6) is 0 Å².